The maximum atomic E-state index is 13.2. The molecule has 0 radical (unpaired) electrons. The number of aromatic nitrogens is 2. The highest BCUT2D eigenvalue weighted by Gasteiger charge is 2.35. The Kier molecular flexibility index (Phi) is 4.81. The summed E-state index contributed by atoms with van der Waals surface area (Å²) < 4.78 is 0. The second-order valence-corrected chi connectivity index (χ2v) is 7.62. The van der Waals surface area contributed by atoms with E-state index in [-0.39, 0.29) is 11.9 Å². The fourth-order valence-corrected chi connectivity index (χ4v) is 3.53. The van der Waals surface area contributed by atoms with Crippen LogP contribution in [0.15, 0.2) is 30.5 Å². The van der Waals surface area contributed by atoms with Crippen molar-refractivity contribution in [3.8, 4) is 0 Å². The lowest BCUT2D eigenvalue weighted by atomic mass is 10.1. The minimum atomic E-state index is -0.0964. The van der Waals surface area contributed by atoms with Crippen LogP contribution in [-0.4, -0.2) is 39.9 Å². The topological polar surface area (TPSA) is 49.3 Å². The first-order valence-corrected chi connectivity index (χ1v) is 9.63. The summed E-state index contributed by atoms with van der Waals surface area (Å²) in [5.41, 5.74) is 2.66. The van der Waals surface area contributed by atoms with Gasteiger partial charge in [-0.25, -0.2) is 9.97 Å². The van der Waals surface area contributed by atoms with E-state index in [1.807, 2.05) is 4.90 Å². The zero-order chi connectivity index (χ0) is 18.1. The van der Waals surface area contributed by atoms with Gasteiger partial charge in [-0.1, -0.05) is 41.4 Å². The Bertz CT molecular complexity index is 798. The third kappa shape index (κ3) is 3.68. The monoisotopic (exact) mass is 370 g/mol. The van der Waals surface area contributed by atoms with Gasteiger partial charge in [0, 0.05) is 25.7 Å². The standard InChI is InChI=1S/C20H23ClN4O/c1-14-4-6-15(7-5-14)13-25(16-8-9-16)19(26)18-17(21)12-22-20(23-18)24-10-2-3-11-24/h4-7,12,16H,2-3,8-11,13H2,1H3. The van der Waals surface area contributed by atoms with Gasteiger partial charge in [-0.05, 0) is 38.2 Å². The van der Waals surface area contributed by atoms with Gasteiger partial charge in [-0.3, -0.25) is 4.79 Å². The van der Waals surface area contributed by atoms with Crippen LogP contribution in [0.25, 0.3) is 0 Å². The Hall–Kier alpha value is -2.14. The van der Waals surface area contributed by atoms with Gasteiger partial charge in [0.2, 0.25) is 5.95 Å². The minimum absolute atomic E-state index is 0.0964. The zero-order valence-corrected chi connectivity index (χ0v) is 15.7. The summed E-state index contributed by atoms with van der Waals surface area (Å²) in [7, 11) is 0. The molecule has 0 atom stereocenters. The van der Waals surface area contributed by atoms with Crippen molar-refractivity contribution < 1.29 is 4.79 Å². The number of anilines is 1. The van der Waals surface area contributed by atoms with Crippen LogP contribution in [0.3, 0.4) is 0 Å². The van der Waals surface area contributed by atoms with Crippen LogP contribution in [0.2, 0.25) is 5.02 Å². The molecule has 6 heteroatoms. The Morgan fingerprint density at radius 3 is 2.58 bits per heavy atom. The SMILES string of the molecule is Cc1ccc(CN(C(=O)c2nc(N3CCCC3)ncc2Cl)C2CC2)cc1. The Balaban J connectivity index is 1.59. The highest BCUT2D eigenvalue weighted by Crippen LogP contribution is 2.31. The predicted octanol–water partition coefficient (Wildman–Crippen LogP) is 3.84. The number of nitrogens with zero attached hydrogens (tertiary/aromatic N) is 4. The molecule has 1 aliphatic carbocycles. The second kappa shape index (κ2) is 7.23. The molecule has 2 heterocycles. The van der Waals surface area contributed by atoms with Gasteiger partial charge in [-0.15, -0.1) is 0 Å². The molecular formula is C20H23ClN4O. The lowest BCUT2D eigenvalue weighted by molar-refractivity contribution is 0.0724. The first-order chi connectivity index (χ1) is 12.6. The van der Waals surface area contributed by atoms with Crippen LogP contribution in [0.1, 0.15) is 47.3 Å². The van der Waals surface area contributed by atoms with E-state index in [9.17, 15) is 4.79 Å². The molecule has 1 amide bonds. The van der Waals surface area contributed by atoms with Crippen LogP contribution < -0.4 is 4.90 Å². The maximum absolute atomic E-state index is 13.2. The van der Waals surface area contributed by atoms with E-state index < -0.39 is 0 Å². The lowest BCUT2D eigenvalue weighted by Crippen LogP contribution is -2.34. The third-order valence-corrected chi connectivity index (χ3v) is 5.32. The van der Waals surface area contributed by atoms with Crippen molar-refractivity contribution in [3.63, 3.8) is 0 Å². The molecule has 2 aromatic rings. The van der Waals surface area contributed by atoms with Crippen molar-refractivity contribution >= 4 is 23.5 Å². The van der Waals surface area contributed by atoms with Gasteiger partial charge in [0.1, 0.15) is 0 Å². The summed E-state index contributed by atoms with van der Waals surface area (Å²) in [4.78, 5) is 26.1. The highest BCUT2D eigenvalue weighted by atomic mass is 35.5. The highest BCUT2D eigenvalue weighted by molar-refractivity contribution is 6.33. The molecule has 2 fully saturated rings. The number of hydrogen-bond acceptors (Lipinski definition) is 4. The number of halogens is 1. The van der Waals surface area contributed by atoms with E-state index in [0.29, 0.717) is 23.2 Å². The van der Waals surface area contributed by atoms with Crippen molar-refractivity contribution in [3.05, 3.63) is 52.3 Å². The van der Waals surface area contributed by atoms with E-state index in [4.69, 9.17) is 11.6 Å². The van der Waals surface area contributed by atoms with Gasteiger partial charge >= 0.3 is 0 Å². The van der Waals surface area contributed by atoms with E-state index in [0.717, 1.165) is 44.3 Å². The third-order valence-electron chi connectivity index (χ3n) is 5.04. The molecule has 0 bridgehead atoms. The second-order valence-electron chi connectivity index (χ2n) is 7.21. The smallest absolute Gasteiger partial charge is 0.274 e. The van der Waals surface area contributed by atoms with E-state index >= 15 is 0 Å². The fraction of sp³-hybridized carbons (Fsp3) is 0.450. The number of carbonyl (C=O) groups excluding carboxylic acids is 1. The lowest BCUT2D eigenvalue weighted by Gasteiger charge is -2.23. The van der Waals surface area contributed by atoms with E-state index in [1.165, 1.54) is 5.56 Å². The van der Waals surface area contributed by atoms with E-state index in [2.05, 4.69) is 46.1 Å². The van der Waals surface area contributed by atoms with Crippen molar-refractivity contribution in [1.82, 2.24) is 14.9 Å². The summed E-state index contributed by atoms with van der Waals surface area (Å²) in [6, 6.07) is 8.59. The van der Waals surface area contributed by atoms with Crippen LogP contribution in [0.5, 0.6) is 0 Å². The van der Waals surface area contributed by atoms with Crippen molar-refractivity contribution in [2.24, 2.45) is 0 Å². The molecule has 5 nitrogen and oxygen atoms in total. The number of carbonyl (C=O) groups is 1. The quantitative estimate of drug-likeness (QED) is 0.802. The Labute approximate surface area is 159 Å². The fourth-order valence-electron chi connectivity index (χ4n) is 3.36. The normalized spacial score (nSPS) is 16.8. The summed E-state index contributed by atoms with van der Waals surface area (Å²) in [5, 5.41) is 0.326. The minimum Gasteiger partial charge on any atom is -0.341 e. The number of aryl methyl sites for hydroxylation is 1. The number of hydrogen-bond donors (Lipinski definition) is 0. The summed E-state index contributed by atoms with van der Waals surface area (Å²) in [6.07, 6.45) is 5.92. The summed E-state index contributed by atoms with van der Waals surface area (Å²) in [6.45, 7) is 4.52. The average Bonchev–Trinajstić information content (AvgIpc) is 3.34. The van der Waals surface area contributed by atoms with Gasteiger partial charge in [0.25, 0.3) is 5.91 Å². The molecule has 26 heavy (non-hydrogen) atoms. The van der Waals surface area contributed by atoms with Crippen LogP contribution in [0.4, 0.5) is 5.95 Å². The van der Waals surface area contributed by atoms with E-state index in [1.54, 1.807) is 6.20 Å². The molecule has 2 aliphatic rings. The first-order valence-electron chi connectivity index (χ1n) is 9.26. The van der Waals surface area contributed by atoms with Crippen molar-refractivity contribution in [2.45, 2.75) is 45.2 Å². The Morgan fingerprint density at radius 2 is 1.92 bits per heavy atom. The van der Waals surface area contributed by atoms with Gasteiger partial charge < -0.3 is 9.80 Å². The molecule has 0 N–H and O–H groups in total. The molecule has 1 aliphatic heterocycles. The van der Waals surface area contributed by atoms with Gasteiger partial charge in [0.15, 0.2) is 5.69 Å². The Morgan fingerprint density at radius 1 is 1.23 bits per heavy atom. The van der Waals surface area contributed by atoms with Crippen LogP contribution in [0, 0.1) is 6.92 Å². The first kappa shape index (κ1) is 17.3. The maximum Gasteiger partial charge on any atom is 0.274 e. The molecule has 0 spiro atoms. The zero-order valence-electron chi connectivity index (χ0n) is 15.0. The van der Waals surface area contributed by atoms with Crippen molar-refractivity contribution in [1.29, 1.82) is 0 Å². The molecule has 4 rings (SSSR count). The molecule has 1 saturated heterocycles. The summed E-state index contributed by atoms with van der Waals surface area (Å²) >= 11 is 6.30. The molecule has 1 saturated carbocycles. The average molecular weight is 371 g/mol. The number of amides is 1. The van der Waals surface area contributed by atoms with Crippen molar-refractivity contribution in [2.75, 3.05) is 18.0 Å². The molecule has 1 aromatic heterocycles. The number of benzene rings is 1. The molecule has 0 unspecified atom stereocenters. The largest absolute Gasteiger partial charge is 0.341 e. The molecule has 136 valence electrons. The molecular weight excluding hydrogens is 348 g/mol. The van der Waals surface area contributed by atoms with Crippen LogP contribution in [-0.2, 0) is 6.54 Å². The van der Waals surface area contributed by atoms with Crippen LogP contribution >= 0.6 is 11.6 Å². The predicted molar refractivity (Wildman–Crippen MR) is 103 cm³/mol. The van der Waals surface area contributed by atoms with Gasteiger partial charge in [-0.2, -0.15) is 0 Å². The molecule has 1 aromatic carbocycles. The number of rotatable bonds is 5. The summed E-state index contributed by atoms with van der Waals surface area (Å²) in [5.74, 6) is 0.516. The van der Waals surface area contributed by atoms with Gasteiger partial charge in [0.05, 0.1) is 11.2 Å².